The van der Waals surface area contributed by atoms with Crippen LogP contribution >= 0.6 is 0 Å². The van der Waals surface area contributed by atoms with Crippen molar-refractivity contribution in [2.45, 2.75) is 19.9 Å². The summed E-state index contributed by atoms with van der Waals surface area (Å²) in [6.07, 6.45) is 3.42. The molecule has 0 bridgehead atoms. The average Bonchev–Trinajstić information content (AvgIpc) is 2.81. The molecule has 6 nitrogen and oxygen atoms in total. The summed E-state index contributed by atoms with van der Waals surface area (Å²) in [7, 11) is 0. The van der Waals surface area contributed by atoms with Gasteiger partial charge in [-0.2, -0.15) is 0 Å². The summed E-state index contributed by atoms with van der Waals surface area (Å²) >= 11 is 0. The van der Waals surface area contributed by atoms with Crippen LogP contribution in [0.3, 0.4) is 0 Å². The maximum absolute atomic E-state index is 10.8. The molecule has 94 valence electrons. The number of hydrogen-bond acceptors (Lipinski definition) is 4. The lowest BCUT2D eigenvalue weighted by Crippen LogP contribution is -2.08. The number of nitrogens with one attached hydrogen (secondary N) is 2. The van der Waals surface area contributed by atoms with E-state index in [9.17, 15) is 10.1 Å². The molecule has 2 N–H and O–H groups in total. The lowest BCUT2D eigenvalue weighted by atomic mass is 10.2. The van der Waals surface area contributed by atoms with Crippen molar-refractivity contribution in [3.05, 3.63) is 52.1 Å². The molecule has 0 amide bonds. The molecule has 0 saturated heterocycles. The fourth-order valence-corrected chi connectivity index (χ4v) is 1.78. The van der Waals surface area contributed by atoms with E-state index in [1.165, 1.54) is 6.07 Å². The second-order valence-electron chi connectivity index (χ2n) is 4.15. The van der Waals surface area contributed by atoms with E-state index >= 15 is 0 Å². The molecular formula is C12H14N4O2. The minimum atomic E-state index is -0.393. The van der Waals surface area contributed by atoms with Gasteiger partial charge in [0.25, 0.3) is 5.69 Å². The molecule has 18 heavy (non-hydrogen) atoms. The molecule has 6 heteroatoms. The van der Waals surface area contributed by atoms with Crippen LogP contribution in [0.2, 0.25) is 0 Å². The van der Waals surface area contributed by atoms with E-state index in [1.54, 1.807) is 18.5 Å². The second kappa shape index (κ2) is 4.87. The summed E-state index contributed by atoms with van der Waals surface area (Å²) in [6.45, 7) is 3.77. The maximum atomic E-state index is 10.8. The Morgan fingerprint density at radius 1 is 1.44 bits per heavy atom. The van der Waals surface area contributed by atoms with Gasteiger partial charge in [-0.25, -0.2) is 4.98 Å². The minimum absolute atomic E-state index is 0.0404. The topological polar surface area (TPSA) is 83.8 Å². The summed E-state index contributed by atoms with van der Waals surface area (Å²) < 4.78 is 0. The van der Waals surface area contributed by atoms with Gasteiger partial charge in [0.2, 0.25) is 0 Å². The standard InChI is InChI=1S/C12H14N4O2/c1-8-5-10(7-11(6-8)16(17)18)15-9(2)12-13-3-4-14-12/h3-7,9,15H,1-2H3,(H,13,14). The van der Waals surface area contributed by atoms with Crippen LogP contribution in [0.1, 0.15) is 24.4 Å². The third kappa shape index (κ3) is 2.65. The van der Waals surface area contributed by atoms with Gasteiger partial charge < -0.3 is 10.3 Å². The molecule has 0 aliphatic carbocycles. The van der Waals surface area contributed by atoms with Crippen molar-refractivity contribution in [1.82, 2.24) is 9.97 Å². The highest BCUT2D eigenvalue weighted by Gasteiger charge is 2.11. The Morgan fingerprint density at radius 3 is 2.83 bits per heavy atom. The Balaban J connectivity index is 2.21. The molecule has 0 saturated carbocycles. The summed E-state index contributed by atoms with van der Waals surface area (Å²) in [5.41, 5.74) is 1.65. The average molecular weight is 246 g/mol. The zero-order chi connectivity index (χ0) is 13.1. The number of aromatic amines is 1. The summed E-state index contributed by atoms with van der Waals surface area (Å²) in [6, 6.07) is 4.89. The Bertz CT molecular complexity index is 551. The predicted molar refractivity (Wildman–Crippen MR) is 68.5 cm³/mol. The predicted octanol–water partition coefficient (Wildman–Crippen LogP) is 2.80. The van der Waals surface area contributed by atoms with E-state index < -0.39 is 4.92 Å². The third-order valence-corrected chi connectivity index (χ3v) is 2.59. The van der Waals surface area contributed by atoms with Crippen molar-refractivity contribution in [2.75, 3.05) is 5.32 Å². The zero-order valence-corrected chi connectivity index (χ0v) is 10.2. The van der Waals surface area contributed by atoms with Gasteiger partial charge in [-0.05, 0) is 25.5 Å². The first kappa shape index (κ1) is 12.1. The lowest BCUT2D eigenvalue weighted by Gasteiger charge is -2.13. The van der Waals surface area contributed by atoms with E-state index in [0.29, 0.717) is 5.69 Å². The summed E-state index contributed by atoms with van der Waals surface area (Å²) in [5.74, 6) is 0.791. The van der Waals surface area contributed by atoms with Crippen LogP contribution in [-0.2, 0) is 0 Å². The molecule has 0 aliphatic heterocycles. The van der Waals surface area contributed by atoms with E-state index in [1.807, 2.05) is 19.9 Å². The number of aromatic nitrogens is 2. The molecule has 2 aromatic rings. The molecule has 1 atom stereocenters. The summed E-state index contributed by atoms with van der Waals surface area (Å²) in [5, 5.41) is 14.0. The summed E-state index contributed by atoms with van der Waals surface area (Å²) in [4.78, 5) is 17.5. The van der Waals surface area contributed by atoms with Crippen molar-refractivity contribution < 1.29 is 4.92 Å². The number of benzene rings is 1. The van der Waals surface area contributed by atoms with Crippen molar-refractivity contribution in [3.8, 4) is 0 Å². The van der Waals surface area contributed by atoms with Gasteiger partial charge >= 0.3 is 0 Å². The lowest BCUT2D eigenvalue weighted by molar-refractivity contribution is -0.384. The van der Waals surface area contributed by atoms with Gasteiger partial charge in [0, 0.05) is 30.2 Å². The highest BCUT2D eigenvalue weighted by atomic mass is 16.6. The minimum Gasteiger partial charge on any atom is -0.375 e. The Hall–Kier alpha value is -2.37. The quantitative estimate of drug-likeness (QED) is 0.641. The van der Waals surface area contributed by atoms with Crippen LogP contribution in [0.4, 0.5) is 11.4 Å². The van der Waals surface area contributed by atoms with Crippen LogP contribution in [0.25, 0.3) is 0 Å². The number of non-ortho nitro benzene ring substituents is 1. The second-order valence-corrected chi connectivity index (χ2v) is 4.15. The number of nitrogens with zero attached hydrogens (tertiary/aromatic N) is 2. The van der Waals surface area contributed by atoms with Crippen molar-refractivity contribution in [3.63, 3.8) is 0 Å². The number of hydrogen-bond donors (Lipinski definition) is 2. The number of nitro benzene ring substituents is 1. The van der Waals surface area contributed by atoms with Crippen molar-refractivity contribution in [1.29, 1.82) is 0 Å². The van der Waals surface area contributed by atoms with Crippen LogP contribution in [0.5, 0.6) is 0 Å². The highest BCUT2D eigenvalue weighted by Crippen LogP contribution is 2.23. The molecular weight excluding hydrogens is 232 g/mol. The maximum Gasteiger partial charge on any atom is 0.271 e. The monoisotopic (exact) mass is 246 g/mol. The van der Waals surface area contributed by atoms with Gasteiger partial charge in [-0.1, -0.05) is 0 Å². The van der Waals surface area contributed by atoms with E-state index in [-0.39, 0.29) is 11.7 Å². The normalized spacial score (nSPS) is 12.1. The van der Waals surface area contributed by atoms with Gasteiger partial charge in [0.05, 0.1) is 11.0 Å². The van der Waals surface area contributed by atoms with E-state index in [2.05, 4.69) is 15.3 Å². The zero-order valence-electron chi connectivity index (χ0n) is 10.2. The van der Waals surface area contributed by atoms with Crippen LogP contribution in [-0.4, -0.2) is 14.9 Å². The van der Waals surface area contributed by atoms with Crippen molar-refractivity contribution >= 4 is 11.4 Å². The fraction of sp³-hybridized carbons (Fsp3) is 0.250. The van der Waals surface area contributed by atoms with Crippen LogP contribution in [0, 0.1) is 17.0 Å². The molecule has 1 heterocycles. The molecule has 0 radical (unpaired) electrons. The van der Waals surface area contributed by atoms with E-state index in [0.717, 1.165) is 11.4 Å². The molecule has 0 aliphatic rings. The van der Waals surface area contributed by atoms with Crippen LogP contribution < -0.4 is 5.32 Å². The number of aryl methyl sites for hydroxylation is 1. The Morgan fingerprint density at radius 2 is 2.22 bits per heavy atom. The molecule has 0 fully saturated rings. The first-order chi connectivity index (χ1) is 8.56. The van der Waals surface area contributed by atoms with Gasteiger partial charge in [-0.3, -0.25) is 10.1 Å². The molecule has 2 rings (SSSR count). The number of nitro groups is 1. The smallest absolute Gasteiger partial charge is 0.271 e. The Kier molecular flexibility index (Phi) is 3.27. The third-order valence-electron chi connectivity index (χ3n) is 2.59. The van der Waals surface area contributed by atoms with Crippen molar-refractivity contribution in [2.24, 2.45) is 0 Å². The molecule has 1 aromatic carbocycles. The molecule has 1 unspecified atom stereocenters. The first-order valence-corrected chi connectivity index (χ1v) is 5.58. The van der Waals surface area contributed by atoms with Gasteiger partial charge in [0.1, 0.15) is 5.82 Å². The number of rotatable bonds is 4. The first-order valence-electron chi connectivity index (χ1n) is 5.58. The number of anilines is 1. The highest BCUT2D eigenvalue weighted by molar-refractivity contribution is 5.54. The molecule has 0 spiro atoms. The van der Waals surface area contributed by atoms with E-state index in [4.69, 9.17) is 0 Å². The fourth-order valence-electron chi connectivity index (χ4n) is 1.78. The molecule has 1 aromatic heterocycles. The number of imidazole rings is 1. The Labute approximate surface area is 104 Å². The number of H-pyrrole nitrogens is 1. The largest absolute Gasteiger partial charge is 0.375 e. The van der Waals surface area contributed by atoms with Gasteiger partial charge in [0.15, 0.2) is 0 Å². The SMILES string of the molecule is Cc1cc(NC(C)c2ncc[nH]2)cc([N+](=O)[O-])c1. The van der Waals surface area contributed by atoms with Crippen LogP contribution in [0.15, 0.2) is 30.6 Å². The van der Waals surface area contributed by atoms with Gasteiger partial charge in [-0.15, -0.1) is 0 Å².